The van der Waals surface area contributed by atoms with E-state index in [-0.39, 0.29) is 5.82 Å². The van der Waals surface area contributed by atoms with Crippen molar-refractivity contribution in [1.82, 2.24) is 19.5 Å². The van der Waals surface area contributed by atoms with Gasteiger partial charge in [-0.15, -0.1) is 0 Å². The van der Waals surface area contributed by atoms with E-state index in [1.54, 1.807) is 4.57 Å². The van der Waals surface area contributed by atoms with Crippen molar-refractivity contribution < 1.29 is 20.1 Å². The van der Waals surface area contributed by atoms with E-state index in [2.05, 4.69) is 15.0 Å². The molecule has 0 unspecified atom stereocenters. The molecule has 1 saturated heterocycles. The van der Waals surface area contributed by atoms with Crippen LogP contribution in [0.25, 0.3) is 11.2 Å². The third-order valence-electron chi connectivity index (χ3n) is 4.56. The topological polar surface area (TPSA) is 140 Å². The van der Waals surface area contributed by atoms with Gasteiger partial charge in [-0.3, -0.25) is 4.57 Å². The molecule has 0 aliphatic carbocycles. The van der Waals surface area contributed by atoms with E-state index in [1.165, 1.54) is 6.33 Å². The molecule has 1 aromatic carbocycles. The van der Waals surface area contributed by atoms with E-state index < -0.39 is 31.1 Å². The Hall–Kier alpha value is -2.59. The van der Waals surface area contributed by atoms with E-state index in [0.717, 1.165) is 5.56 Å². The number of aromatic nitrogens is 4. The highest BCUT2D eigenvalue weighted by molar-refractivity contribution is 5.82. The quantitative estimate of drug-likeness (QED) is 0.495. The Bertz CT molecular complexity index is 916. The summed E-state index contributed by atoms with van der Waals surface area (Å²) in [5, 5.41) is 29.9. The summed E-state index contributed by atoms with van der Waals surface area (Å²) in [6.45, 7) is -0.410. The van der Waals surface area contributed by atoms with Crippen molar-refractivity contribution >= 4 is 17.0 Å². The van der Waals surface area contributed by atoms with Crippen molar-refractivity contribution in [3.8, 4) is 0 Å². The number of hydrogen-bond donors (Lipinski definition) is 4. The third kappa shape index (κ3) is 2.71. The van der Waals surface area contributed by atoms with E-state index in [0.29, 0.717) is 23.4 Å². The zero-order valence-electron chi connectivity index (χ0n) is 13.8. The van der Waals surface area contributed by atoms with Crippen LogP contribution in [0.5, 0.6) is 0 Å². The second-order valence-electron chi connectivity index (χ2n) is 6.22. The summed E-state index contributed by atoms with van der Waals surface area (Å²) in [5.74, 6) is 0.781. The first-order valence-corrected chi connectivity index (χ1v) is 8.23. The number of rotatable bonds is 4. The maximum atomic E-state index is 10.4. The van der Waals surface area contributed by atoms with Crippen molar-refractivity contribution in [2.75, 3.05) is 12.3 Å². The van der Waals surface area contributed by atoms with Crippen LogP contribution in [-0.4, -0.2) is 59.8 Å². The lowest BCUT2D eigenvalue weighted by molar-refractivity contribution is -0.0521. The second kappa shape index (κ2) is 6.61. The fraction of sp³-hybridized carbons (Fsp3) is 0.353. The average molecular weight is 357 g/mol. The molecule has 2 aromatic heterocycles. The summed E-state index contributed by atoms with van der Waals surface area (Å²) >= 11 is 0. The summed E-state index contributed by atoms with van der Waals surface area (Å²) in [5.41, 5.74) is 7.73. The number of benzene rings is 1. The van der Waals surface area contributed by atoms with E-state index in [9.17, 15) is 15.3 Å². The van der Waals surface area contributed by atoms with Crippen LogP contribution < -0.4 is 5.73 Å². The first-order valence-electron chi connectivity index (χ1n) is 8.23. The van der Waals surface area contributed by atoms with Gasteiger partial charge in [0.15, 0.2) is 23.2 Å². The highest BCUT2D eigenvalue weighted by atomic mass is 16.6. The third-order valence-corrected chi connectivity index (χ3v) is 4.56. The monoisotopic (exact) mass is 357 g/mol. The Labute approximate surface area is 148 Å². The molecule has 3 aromatic rings. The highest BCUT2D eigenvalue weighted by Gasteiger charge is 2.44. The van der Waals surface area contributed by atoms with Gasteiger partial charge in [-0.1, -0.05) is 30.3 Å². The zero-order chi connectivity index (χ0) is 18.3. The van der Waals surface area contributed by atoms with Crippen molar-refractivity contribution in [2.24, 2.45) is 0 Å². The van der Waals surface area contributed by atoms with Crippen LogP contribution in [0.15, 0.2) is 36.7 Å². The minimum atomic E-state index is -1.24. The number of ether oxygens (including phenoxy) is 1. The van der Waals surface area contributed by atoms with E-state index in [1.807, 2.05) is 30.3 Å². The molecule has 9 heteroatoms. The molecule has 26 heavy (non-hydrogen) atoms. The summed E-state index contributed by atoms with van der Waals surface area (Å²) in [6.07, 6.45) is -2.54. The van der Waals surface area contributed by atoms with E-state index >= 15 is 0 Å². The number of aliphatic hydroxyl groups is 3. The molecule has 3 heterocycles. The molecular formula is C17H19N5O4. The lowest BCUT2D eigenvalue weighted by Gasteiger charge is -2.19. The van der Waals surface area contributed by atoms with Gasteiger partial charge in [-0.25, -0.2) is 15.0 Å². The summed E-state index contributed by atoms with van der Waals surface area (Å²) in [4.78, 5) is 12.7. The van der Waals surface area contributed by atoms with Crippen LogP contribution >= 0.6 is 0 Å². The largest absolute Gasteiger partial charge is 0.394 e. The molecule has 1 aliphatic heterocycles. The van der Waals surface area contributed by atoms with E-state index in [4.69, 9.17) is 10.5 Å². The highest BCUT2D eigenvalue weighted by Crippen LogP contribution is 2.34. The van der Waals surface area contributed by atoms with Gasteiger partial charge in [-0.2, -0.15) is 0 Å². The molecular weight excluding hydrogens is 338 g/mol. The normalized spacial score (nSPS) is 25.8. The van der Waals surface area contributed by atoms with Crippen LogP contribution in [0.1, 0.15) is 17.6 Å². The molecule has 1 aliphatic rings. The van der Waals surface area contributed by atoms with Crippen LogP contribution in [0.3, 0.4) is 0 Å². The van der Waals surface area contributed by atoms with Crippen molar-refractivity contribution in [3.63, 3.8) is 0 Å². The molecule has 4 rings (SSSR count). The summed E-state index contributed by atoms with van der Waals surface area (Å²) in [7, 11) is 0. The number of anilines is 1. The van der Waals surface area contributed by atoms with Crippen LogP contribution in [0.4, 0.5) is 5.82 Å². The second-order valence-corrected chi connectivity index (χ2v) is 6.22. The Morgan fingerprint density at radius 3 is 2.58 bits per heavy atom. The number of imidazole rings is 1. The van der Waals surface area contributed by atoms with Crippen LogP contribution in [-0.2, 0) is 11.2 Å². The SMILES string of the molecule is Nc1ncnc2c1nc(Cc1ccccc1)n2[C@@H]1O[C@H](CO)[C@@H](O)[C@H]1O. The maximum absolute atomic E-state index is 10.4. The average Bonchev–Trinajstić information content (AvgIpc) is 3.15. The number of nitrogens with zero attached hydrogens (tertiary/aromatic N) is 4. The Morgan fingerprint density at radius 2 is 1.88 bits per heavy atom. The smallest absolute Gasteiger partial charge is 0.167 e. The first kappa shape index (κ1) is 16.9. The molecule has 0 saturated carbocycles. The fourth-order valence-corrected chi connectivity index (χ4v) is 3.24. The van der Waals surface area contributed by atoms with Crippen LogP contribution in [0, 0.1) is 0 Å². The van der Waals surface area contributed by atoms with Gasteiger partial charge in [-0.05, 0) is 5.56 Å². The Kier molecular flexibility index (Phi) is 4.29. The standard InChI is InChI=1S/C17H19N5O4/c18-15-12-16(20-8-19-15)22(17-14(25)13(24)10(7-23)26-17)11(21-12)6-9-4-2-1-3-5-9/h1-5,8,10,13-14,17,23-25H,6-7H2,(H2,18,19,20)/t10-,13-,14-,17-/m1/s1. The number of hydrogen-bond acceptors (Lipinski definition) is 8. The zero-order valence-corrected chi connectivity index (χ0v) is 13.8. The van der Waals surface area contributed by atoms with Crippen molar-refractivity contribution in [1.29, 1.82) is 0 Å². The van der Waals surface area contributed by atoms with Gasteiger partial charge >= 0.3 is 0 Å². The minimum Gasteiger partial charge on any atom is -0.394 e. The van der Waals surface area contributed by atoms with Gasteiger partial charge in [0.2, 0.25) is 0 Å². The molecule has 1 fully saturated rings. The van der Waals surface area contributed by atoms with Gasteiger partial charge < -0.3 is 25.8 Å². The van der Waals surface area contributed by atoms with Gasteiger partial charge in [0.25, 0.3) is 0 Å². The Morgan fingerprint density at radius 1 is 1.12 bits per heavy atom. The molecule has 0 spiro atoms. The molecule has 9 nitrogen and oxygen atoms in total. The fourth-order valence-electron chi connectivity index (χ4n) is 3.24. The lowest BCUT2D eigenvalue weighted by Crippen LogP contribution is -2.33. The number of aliphatic hydroxyl groups excluding tert-OH is 3. The van der Waals surface area contributed by atoms with Gasteiger partial charge in [0, 0.05) is 6.42 Å². The summed E-state index contributed by atoms with van der Waals surface area (Å²) < 4.78 is 7.29. The molecule has 0 bridgehead atoms. The summed E-state index contributed by atoms with van der Waals surface area (Å²) in [6, 6.07) is 9.67. The predicted molar refractivity (Wildman–Crippen MR) is 92.0 cm³/mol. The lowest BCUT2D eigenvalue weighted by atomic mass is 10.1. The maximum Gasteiger partial charge on any atom is 0.167 e. The molecule has 5 N–H and O–H groups in total. The van der Waals surface area contributed by atoms with Crippen molar-refractivity contribution in [3.05, 3.63) is 48.0 Å². The van der Waals surface area contributed by atoms with Crippen LogP contribution in [0.2, 0.25) is 0 Å². The Balaban J connectivity index is 1.84. The molecule has 4 atom stereocenters. The van der Waals surface area contributed by atoms with Gasteiger partial charge in [0.05, 0.1) is 6.61 Å². The van der Waals surface area contributed by atoms with Crippen molar-refractivity contribution in [2.45, 2.75) is 31.0 Å². The molecule has 0 radical (unpaired) electrons. The number of nitrogens with two attached hydrogens (primary N) is 1. The molecule has 136 valence electrons. The molecule has 0 amide bonds. The minimum absolute atomic E-state index is 0.217. The predicted octanol–water partition coefficient (Wildman–Crippen LogP) is -0.389. The number of nitrogen functional groups attached to an aromatic ring is 1. The first-order chi connectivity index (χ1) is 12.6. The number of fused-ring (bicyclic) bond motifs is 1. The van der Waals surface area contributed by atoms with Gasteiger partial charge in [0.1, 0.15) is 30.5 Å².